The van der Waals surface area contributed by atoms with Gasteiger partial charge >= 0.3 is 5.69 Å². The highest BCUT2D eigenvalue weighted by molar-refractivity contribution is 7.99. The third-order valence-electron chi connectivity index (χ3n) is 2.11. The fourth-order valence-corrected chi connectivity index (χ4v) is 2.33. The molecule has 0 fully saturated rings. The van der Waals surface area contributed by atoms with Gasteiger partial charge in [-0.15, -0.1) is 0 Å². The summed E-state index contributed by atoms with van der Waals surface area (Å²) in [5.74, 6) is 0.00184. The molecular weight excluding hydrogens is 256 g/mol. The van der Waals surface area contributed by atoms with Crippen LogP contribution in [0.2, 0.25) is 0 Å². The Hall–Kier alpha value is -2.16. The van der Waals surface area contributed by atoms with E-state index in [9.17, 15) is 10.1 Å². The largest absolute Gasteiger partial charge is 0.368 e. The topological polar surface area (TPSA) is 113 Å². The Morgan fingerprint density at radius 2 is 2.28 bits per heavy atom. The molecule has 0 bridgehead atoms. The highest BCUT2D eigenvalue weighted by atomic mass is 32.2. The first-order chi connectivity index (χ1) is 8.47. The van der Waals surface area contributed by atoms with Gasteiger partial charge in [-0.2, -0.15) is 10.1 Å². The second-order valence-corrected chi connectivity index (χ2v) is 4.53. The zero-order valence-corrected chi connectivity index (χ0v) is 10.5. The molecule has 94 valence electrons. The minimum Gasteiger partial charge on any atom is -0.368 e. The second-order valence-electron chi connectivity index (χ2n) is 3.53. The summed E-state index contributed by atoms with van der Waals surface area (Å²) in [6.45, 7) is 1.84. The van der Waals surface area contributed by atoms with Crippen LogP contribution in [0.15, 0.2) is 22.3 Å². The van der Waals surface area contributed by atoms with E-state index in [1.165, 1.54) is 0 Å². The van der Waals surface area contributed by atoms with Crippen molar-refractivity contribution in [1.82, 2.24) is 19.7 Å². The first kappa shape index (κ1) is 12.3. The summed E-state index contributed by atoms with van der Waals surface area (Å²) in [6.07, 6.45) is 1.11. The molecule has 0 spiro atoms. The zero-order valence-electron chi connectivity index (χ0n) is 9.69. The van der Waals surface area contributed by atoms with Gasteiger partial charge in [-0.25, -0.2) is 4.98 Å². The number of nitrogen functional groups attached to an aromatic ring is 1. The fraction of sp³-hybridized carbons (Fsp3) is 0.222. The predicted octanol–water partition coefficient (Wildman–Crippen LogP) is 1.16. The molecule has 0 saturated carbocycles. The molecular formula is C9H10N6O2S. The molecule has 2 heterocycles. The van der Waals surface area contributed by atoms with E-state index in [1.54, 1.807) is 11.7 Å². The summed E-state index contributed by atoms with van der Waals surface area (Å²) in [7, 11) is 1.76. The molecule has 0 aliphatic carbocycles. The molecule has 0 unspecified atom stereocenters. The number of hydrogen-bond acceptors (Lipinski definition) is 7. The lowest BCUT2D eigenvalue weighted by Gasteiger charge is -2.02. The highest BCUT2D eigenvalue weighted by Gasteiger charge is 2.19. The molecule has 0 saturated heterocycles. The van der Waals surface area contributed by atoms with Crippen molar-refractivity contribution in [2.24, 2.45) is 7.05 Å². The van der Waals surface area contributed by atoms with E-state index in [0.717, 1.165) is 28.7 Å². The lowest BCUT2D eigenvalue weighted by Crippen LogP contribution is -2.01. The third kappa shape index (κ3) is 2.40. The number of aryl methyl sites for hydroxylation is 2. The average molecular weight is 266 g/mol. The molecule has 0 radical (unpaired) electrons. The molecule has 18 heavy (non-hydrogen) atoms. The smallest absolute Gasteiger partial charge is 0.320 e. The maximum atomic E-state index is 10.9. The van der Waals surface area contributed by atoms with Crippen LogP contribution < -0.4 is 5.73 Å². The minimum absolute atomic E-state index is 0.00184. The highest BCUT2D eigenvalue weighted by Crippen LogP contribution is 2.32. The maximum absolute atomic E-state index is 10.9. The van der Waals surface area contributed by atoms with Gasteiger partial charge in [0.2, 0.25) is 5.95 Å². The van der Waals surface area contributed by atoms with Crippen LogP contribution in [0.25, 0.3) is 0 Å². The number of nitrogens with two attached hydrogens (primary N) is 1. The van der Waals surface area contributed by atoms with E-state index in [2.05, 4.69) is 15.1 Å². The molecule has 2 N–H and O–H groups in total. The monoisotopic (exact) mass is 266 g/mol. The number of hydrogen-bond donors (Lipinski definition) is 1. The van der Waals surface area contributed by atoms with Crippen molar-refractivity contribution in [3.63, 3.8) is 0 Å². The normalized spacial score (nSPS) is 10.6. The van der Waals surface area contributed by atoms with E-state index in [-0.39, 0.29) is 16.7 Å². The van der Waals surface area contributed by atoms with Crippen LogP contribution >= 0.6 is 11.8 Å². The van der Waals surface area contributed by atoms with Crippen molar-refractivity contribution in [3.05, 3.63) is 28.1 Å². The average Bonchev–Trinajstić information content (AvgIpc) is 2.57. The van der Waals surface area contributed by atoms with Gasteiger partial charge in [0.15, 0.2) is 5.03 Å². The summed E-state index contributed by atoms with van der Waals surface area (Å²) < 4.78 is 1.63. The molecule has 2 aromatic heterocycles. The molecule has 0 aliphatic heterocycles. The Kier molecular flexibility index (Phi) is 3.15. The van der Waals surface area contributed by atoms with Gasteiger partial charge in [-0.05, 0) is 24.8 Å². The van der Waals surface area contributed by atoms with Crippen LogP contribution in [-0.4, -0.2) is 24.7 Å². The lowest BCUT2D eigenvalue weighted by molar-refractivity contribution is -0.388. The van der Waals surface area contributed by atoms with Gasteiger partial charge in [-0.1, -0.05) is 0 Å². The standard InChI is InChI=1S/C9H10N6O2S/c1-5-3-7(14(2)13-5)18-8-6(15(16)17)4-11-9(10)12-8/h3-4H,1-2H3,(H2,10,11,12). The van der Waals surface area contributed by atoms with E-state index in [4.69, 9.17) is 5.73 Å². The van der Waals surface area contributed by atoms with Crippen molar-refractivity contribution >= 4 is 23.4 Å². The summed E-state index contributed by atoms with van der Waals surface area (Å²) in [5, 5.41) is 16.0. The van der Waals surface area contributed by atoms with Gasteiger partial charge in [0.05, 0.1) is 10.6 Å². The Morgan fingerprint density at radius 1 is 1.56 bits per heavy atom. The van der Waals surface area contributed by atoms with E-state index in [0.29, 0.717) is 0 Å². The fourth-order valence-electron chi connectivity index (χ4n) is 1.35. The Labute approximate surface area is 106 Å². The summed E-state index contributed by atoms with van der Waals surface area (Å²) in [5.41, 5.74) is 6.09. The van der Waals surface area contributed by atoms with Crippen LogP contribution in [-0.2, 0) is 7.05 Å². The maximum Gasteiger partial charge on any atom is 0.320 e. The van der Waals surface area contributed by atoms with Crippen LogP contribution in [0.5, 0.6) is 0 Å². The minimum atomic E-state index is -0.537. The quantitative estimate of drug-likeness (QED) is 0.503. The summed E-state index contributed by atoms with van der Waals surface area (Å²) >= 11 is 1.13. The molecule has 2 rings (SSSR count). The second kappa shape index (κ2) is 4.61. The number of nitrogens with zero attached hydrogens (tertiary/aromatic N) is 5. The van der Waals surface area contributed by atoms with Gasteiger partial charge in [0.1, 0.15) is 11.2 Å². The Bertz CT molecular complexity index is 611. The van der Waals surface area contributed by atoms with Crippen LogP contribution in [0.3, 0.4) is 0 Å². The molecule has 0 atom stereocenters. The van der Waals surface area contributed by atoms with Gasteiger partial charge in [-0.3, -0.25) is 14.8 Å². The van der Waals surface area contributed by atoms with E-state index < -0.39 is 4.92 Å². The Balaban J connectivity index is 2.42. The molecule has 0 aliphatic rings. The van der Waals surface area contributed by atoms with Gasteiger partial charge in [0, 0.05) is 7.05 Å². The van der Waals surface area contributed by atoms with Crippen molar-refractivity contribution in [3.8, 4) is 0 Å². The Morgan fingerprint density at radius 3 is 2.83 bits per heavy atom. The number of aromatic nitrogens is 4. The predicted molar refractivity (Wildman–Crippen MR) is 65.2 cm³/mol. The van der Waals surface area contributed by atoms with E-state index >= 15 is 0 Å². The number of anilines is 1. The van der Waals surface area contributed by atoms with Crippen molar-refractivity contribution in [2.75, 3.05) is 5.73 Å². The first-order valence-electron chi connectivity index (χ1n) is 4.93. The number of nitro groups is 1. The molecule has 0 aromatic carbocycles. The molecule has 9 heteroatoms. The SMILES string of the molecule is Cc1cc(Sc2nc(N)ncc2[N+](=O)[O-])n(C)n1. The summed E-state index contributed by atoms with van der Waals surface area (Å²) in [4.78, 5) is 17.8. The lowest BCUT2D eigenvalue weighted by atomic mass is 10.5. The molecule has 2 aromatic rings. The van der Waals surface area contributed by atoms with Gasteiger partial charge < -0.3 is 5.73 Å². The van der Waals surface area contributed by atoms with Crippen LogP contribution in [0, 0.1) is 17.0 Å². The van der Waals surface area contributed by atoms with Crippen molar-refractivity contribution in [2.45, 2.75) is 17.0 Å². The number of rotatable bonds is 3. The third-order valence-corrected chi connectivity index (χ3v) is 3.20. The van der Waals surface area contributed by atoms with Crippen molar-refractivity contribution < 1.29 is 4.92 Å². The van der Waals surface area contributed by atoms with Crippen LogP contribution in [0.4, 0.5) is 11.6 Å². The van der Waals surface area contributed by atoms with E-state index in [1.807, 2.05) is 13.0 Å². The van der Waals surface area contributed by atoms with Crippen LogP contribution in [0.1, 0.15) is 5.69 Å². The molecule has 8 nitrogen and oxygen atoms in total. The first-order valence-corrected chi connectivity index (χ1v) is 5.74. The summed E-state index contributed by atoms with van der Waals surface area (Å²) in [6, 6.07) is 1.81. The van der Waals surface area contributed by atoms with Crippen molar-refractivity contribution in [1.29, 1.82) is 0 Å². The molecule has 0 amide bonds. The zero-order chi connectivity index (χ0) is 13.3. The van der Waals surface area contributed by atoms with Gasteiger partial charge in [0.25, 0.3) is 0 Å².